The van der Waals surface area contributed by atoms with Gasteiger partial charge < -0.3 is 33.6 Å². The van der Waals surface area contributed by atoms with Crippen LogP contribution in [0.5, 0.6) is 5.75 Å². The molecule has 3 aromatic carbocycles. The van der Waals surface area contributed by atoms with E-state index in [0.29, 0.717) is 24.7 Å². The van der Waals surface area contributed by atoms with Crippen molar-refractivity contribution in [1.29, 1.82) is 0 Å². The van der Waals surface area contributed by atoms with Crippen molar-refractivity contribution >= 4 is 57.4 Å². The van der Waals surface area contributed by atoms with E-state index in [2.05, 4.69) is 11.4 Å². The minimum Gasteiger partial charge on any atom is -0.494 e. The highest BCUT2D eigenvalue weighted by atomic mass is 32.2. The van der Waals surface area contributed by atoms with Gasteiger partial charge in [-0.2, -0.15) is 0 Å². The number of carbonyl (C=O) groups excluding carboxylic acids is 4. The van der Waals surface area contributed by atoms with E-state index in [-0.39, 0.29) is 6.61 Å². The Morgan fingerprint density at radius 1 is 0.872 bits per heavy atom. The van der Waals surface area contributed by atoms with Crippen molar-refractivity contribution < 1.29 is 42.9 Å². The summed E-state index contributed by atoms with van der Waals surface area (Å²) in [5.74, 6) is -1.52. The normalized spacial score (nSPS) is 20.8. The second-order valence-electron chi connectivity index (χ2n) is 11.1. The van der Waals surface area contributed by atoms with Crippen molar-refractivity contribution in [2.45, 2.75) is 75.6 Å². The van der Waals surface area contributed by atoms with E-state index in [9.17, 15) is 19.2 Å². The Morgan fingerprint density at radius 3 is 2.30 bits per heavy atom. The SMILES string of the molecule is CC(=O)N[C@H]1[C@H](OC(C)=O)[C@H](OC(C)=O)[C@H](COC(C)=O)O[C@@H]1Sc1nc2ccccc2n1CCCOc1ccc2ccccc2c1. The number of thioether (sulfide) groups is 1. The van der Waals surface area contributed by atoms with E-state index in [1.807, 2.05) is 65.2 Å². The molecule has 0 radical (unpaired) electrons. The number of para-hydroxylation sites is 2. The Balaban J connectivity index is 1.41. The van der Waals surface area contributed by atoms with Crippen LogP contribution in [0.15, 0.2) is 71.9 Å². The Kier molecular flexibility index (Phi) is 11.0. The van der Waals surface area contributed by atoms with Gasteiger partial charge >= 0.3 is 17.9 Å². The molecule has 0 bridgehead atoms. The number of amides is 1. The summed E-state index contributed by atoms with van der Waals surface area (Å²) in [6, 6.07) is 20.8. The van der Waals surface area contributed by atoms with Crippen LogP contribution in [0, 0.1) is 0 Å². The average Bonchev–Trinajstić information content (AvgIpc) is 3.37. The zero-order valence-corrected chi connectivity index (χ0v) is 27.4. The minimum atomic E-state index is -1.17. The van der Waals surface area contributed by atoms with Crippen molar-refractivity contribution in [3.05, 3.63) is 66.7 Å². The molecule has 1 amide bonds. The van der Waals surface area contributed by atoms with Crippen molar-refractivity contribution in [2.75, 3.05) is 13.2 Å². The predicted molar refractivity (Wildman–Crippen MR) is 174 cm³/mol. The molecular formula is C34H37N3O9S. The molecule has 0 aliphatic carbocycles. The summed E-state index contributed by atoms with van der Waals surface area (Å²) < 4.78 is 30.9. The first-order valence-corrected chi connectivity index (χ1v) is 16.1. The molecule has 248 valence electrons. The van der Waals surface area contributed by atoms with Crippen LogP contribution in [0.2, 0.25) is 0 Å². The fourth-order valence-electron chi connectivity index (χ4n) is 5.52. The summed E-state index contributed by atoms with van der Waals surface area (Å²) in [6.07, 6.45) is -2.68. The number of hydrogen-bond donors (Lipinski definition) is 1. The number of aryl methyl sites for hydroxylation is 1. The van der Waals surface area contributed by atoms with Crippen LogP contribution in [0.25, 0.3) is 21.8 Å². The van der Waals surface area contributed by atoms with Gasteiger partial charge in [-0.25, -0.2) is 4.98 Å². The maximum absolute atomic E-state index is 12.4. The summed E-state index contributed by atoms with van der Waals surface area (Å²) in [6.45, 7) is 5.70. The van der Waals surface area contributed by atoms with Gasteiger partial charge in [-0.05, 0) is 41.5 Å². The number of benzene rings is 3. The molecule has 5 rings (SSSR count). The van der Waals surface area contributed by atoms with Crippen LogP contribution >= 0.6 is 11.8 Å². The van der Waals surface area contributed by atoms with Crippen LogP contribution in [-0.4, -0.2) is 76.4 Å². The van der Waals surface area contributed by atoms with Gasteiger partial charge in [-0.15, -0.1) is 0 Å². The Morgan fingerprint density at radius 2 is 1.57 bits per heavy atom. The first-order chi connectivity index (χ1) is 22.6. The van der Waals surface area contributed by atoms with Gasteiger partial charge in [0.2, 0.25) is 5.91 Å². The maximum atomic E-state index is 12.4. The van der Waals surface area contributed by atoms with Crippen LogP contribution in [0.4, 0.5) is 0 Å². The molecule has 2 heterocycles. The quantitative estimate of drug-likeness (QED) is 0.131. The highest BCUT2D eigenvalue weighted by Crippen LogP contribution is 2.37. The van der Waals surface area contributed by atoms with Gasteiger partial charge in [0.25, 0.3) is 0 Å². The molecule has 1 N–H and O–H groups in total. The monoisotopic (exact) mass is 663 g/mol. The van der Waals surface area contributed by atoms with E-state index in [4.69, 9.17) is 28.7 Å². The number of nitrogens with zero attached hydrogens (tertiary/aromatic N) is 2. The largest absolute Gasteiger partial charge is 0.494 e. The molecule has 0 saturated carbocycles. The van der Waals surface area contributed by atoms with Gasteiger partial charge in [0.15, 0.2) is 17.4 Å². The van der Waals surface area contributed by atoms with E-state index < -0.39 is 53.6 Å². The van der Waals surface area contributed by atoms with Gasteiger partial charge in [0, 0.05) is 34.2 Å². The molecule has 12 nitrogen and oxygen atoms in total. The van der Waals surface area contributed by atoms with Crippen molar-refractivity contribution in [1.82, 2.24) is 14.9 Å². The topological polar surface area (TPSA) is 144 Å². The fraction of sp³-hybridized carbons (Fsp3) is 0.382. The summed E-state index contributed by atoms with van der Waals surface area (Å²) in [7, 11) is 0. The molecule has 4 aromatic rings. The first-order valence-electron chi connectivity index (χ1n) is 15.2. The Labute approximate surface area is 276 Å². The molecule has 47 heavy (non-hydrogen) atoms. The number of hydrogen-bond acceptors (Lipinski definition) is 11. The molecule has 13 heteroatoms. The molecular weight excluding hydrogens is 626 g/mol. The number of ether oxygens (including phenoxy) is 5. The molecule has 1 aromatic heterocycles. The molecule has 1 fully saturated rings. The van der Waals surface area contributed by atoms with E-state index in [1.165, 1.54) is 39.5 Å². The second kappa shape index (κ2) is 15.3. The number of nitrogens with one attached hydrogen (secondary N) is 1. The number of rotatable bonds is 12. The summed E-state index contributed by atoms with van der Waals surface area (Å²) in [4.78, 5) is 53.4. The molecule has 1 aliphatic heterocycles. The van der Waals surface area contributed by atoms with E-state index in [1.54, 1.807) is 0 Å². The van der Waals surface area contributed by atoms with Crippen molar-refractivity contribution in [3.63, 3.8) is 0 Å². The summed E-state index contributed by atoms with van der Waals surface area (Å²) in [5, 5.41) is 5.63. The molecule has 5 atom stereocenters. The Bertz CT molecular complexity index is 1760. The van der Waals surface area contributed by atoms with Crippen molar-refractivity contribution in [2.24, 2.45) is 0 Å². The lowest BCUT2D eigenvalue weighted by molar-refractivity contribution is -0.211. The lowest BCUT2D eigenvalue weighted by atomic mass is 9.97. The van der Waals surface area contributed by atoms with Gasteiger partial charge in [0.05, 0.1) is 17.6 Å². The number of aromatic nitrogens is 2. The third-order valence-corrected chi connectivity index (χ3v) is 8.59. The molecule has 1 aliphatic rings. The lowest BCUT2D eigenvalue weighted by Gasteiger charge is -2.44. The standard InChI is InChI=1S/C34H37N3O9S/c1-20(38)35-30-32(45-23(4)41)31(44-22(3)40)29(19-43-21(2)39)46-33(30)47-34-36-27-12-7-8-13-28(27)37(34)16-9-17-42-26-15-14-24-10-5-6-11-25(24)18-26/h5-8,10-15,18,29-33H,9,16-17,19H2,1-4H3,(H,35,38)/t29-,30-,31+,32-,33+/m0/s1. The van der Waals surface area contributed by atoms with E-state index >= 15 is 0 Å². The summed E-state index contributed by atoms with van der Waals surface area (Å²) in [5.41, 5.74) is 0.751. The van der Waals surface area contributed by atoms with Gasteiger partial charge in [0.1, 0.15) is 29.9 Å². The fourth-order valence-corrected chi connectivity index (χ4v) is 6.77. The molecule has 0 unspecified atom stereocenters. The van der Waals surface area contributed by atoms with Crippen LogP contribution in [0.1, 0.15) is 34.1 Å². The molecule has 1 saturated heterocycles. The number of imidazole rings is 1. The van der Waals surface area contributed by atoms with Crippen LogP contribution < -0.4 is 10.1 Å². The predicted octanol–water partition coefficient (Wildman–Crippen LogP) is 4.41. The smallest absolute Gasteiger partial charge is 0.303 e. The van der Waals surface area contributed by atoms with Gasteiger partial charge in [-0.3, -0.25) is 19.2 Å². The number of fused-ring (bicyclic) bond motifs is 2. The Hall–Kier alpha value is -4.62. The first kappa shape index (κ1) is 33.7. The maximum Gasteiger partial charge on any atom is 0.303 e. The van der Waals surface area contributed by atoms with Crippen molar-refractivity contribution in [3.8, 4) is 5.75 Å². The third-order valence-electron chi connectivity index (χ3n) is 7.43. The number of carbonyl (C=O) groups is 4. The third kappa shape index (κ3) is 8.60. The zero-order chi connectivity index (χ0) is 33.5. The second-order valence-corrected chi connectivity index (χ2v) is 12.1. The minimum absolute atomic E-state index is 0.280. The van der Waals surface area contributed by atoms with E-state index in [0.717, 1.165) is 27.6 Å². The summed E-state index contributed by atoms with van der Waals surface area (Å²) >= 11 is 1.21. The lowest BCUT2D eigenvalue weighted by Crippen LogP contribution is -2.65. The van der Waals surface area contributed by atoms with Gasteiger partial charge in [-0.1, -0.05) is 54.2 Å². The average molecular weight is 664 g/mol. The number of esters is 3. The highest BCUT2D eigenvalue weighted by molar-refractivity contribution is 7.99. The highest BCUT2D eigenvalue weighted by Gasteiger charge is 2.51. The van der Waals surface area contributed by atoms with Crippen LogP contribution in [0.3, 0.4) is 0 Å². The molecule has 0 spiro atoms. The zero-order valence-electron chi connectivity index (χ0n) is 26.5. The van der Waals surface area contributed by atoms with Crippen LogP contribution in [-0.2, 0) is 44.7 Å².